The number of nitrogens with one attached hydrogen (secondary N) is 1. The topological polar surface area (TPSA) is 84.9 Å². The second-order valence-corrected chi connectivity index (χ2v) is 8.31. The van der Waals surface area contributed by atoms with Gasteiger partial charge in [-0.3, -0.25) is 4.79 Å². The number of nitrogens with zero attached hydrogens (tertiary/aromatic N) is 1. The zero-order valence-electron chi connectivity index (χ0n) is 16.0. The molecule has 0 aromatic heterocycles. The maximum absolute atomic E-state index is 12.6. The van der Waals surface area contributed by atoms with Crippen LogP contribution in [0.2, 0.25) is 0 Å². The SMILES string of the molecule is COc1ccc(S(=O)(=O)NCCOc2ccc(C)cc2)cc1N1CCCC1=O. The largest absolute Gasteiger partial charge is 0.495 e. The molecule has 28 heavy (non-hydrogen) atoms. The summed E-state index contributed by atoms with van der Waals surface area (Å²) >= 11 is 0. The number of hydrogen-bond acceptors (Lipinski definition) is 5. The number of hydrogen-bond donors (Lipinski definition) is 1. The summed E-state index contributed by atoms with van der Waals surface area (Å²) < 4.78 is 38.6. The van der Waals surface area contributed by atoms with E-state index in [0.29, 0.717) is 30.2 Å². The minimum atomic E-state index is -3.74. The molecule has 7 nitrogen and oxygen atoms in total. The van der Waals surface area contributed by atoms with Crippen LogP contribution in [0, 0.1) is 6.92 Å². The maximum atomic E-state index is 12.6. The lowest BCUT2D eigenvalue weighted by atomic mass is 10.2. The molecule has 3 rings (SSSR count). The van der Waals surface area contributed by atoms with E-state index in [1.165, 1.54) is 19.2 Å². The van der Waals surface area contributed by atoms with Gasteiger partial charge < -0.3 is 14.4 Å². The molecule has 0 atom stereocenters. The Morgan fingerprint density at radius 3 is 2.54 bits per heavy atom. The molecule has 0 bridgehead atoms. The number of sulfonamides is 1. The van der Waals surface area contributed by atoms with Crippen LogP contribution in [0.25, 0.3) is 0 Å². The average molecular weight is 404 g/mol. The lowest BCUT2D eigenvalue weighted by Gasteiger charge is -2.20. The molecule has 0 spiro atoms. The van der Waals surface area contributed by atoms with Crippen molar-refractivity contribution in [2.45, 2.75) is 24.7 Å². The van der Waals surface area contributed by atoms with Crippen LogP contribution in [-0.2, 0) is 14.8 Å². The zero-order valence-corrected chi connectivity index (χ0v) is 16.8. The fourth-order valence-corrected chi connectivity index (χ4v) is 4.05. The van der Waals surface area contributed by atoms with Crippen LogP contribution < -0.4 is 19.1 Å². The van der Waals surface area contributed by atoms with Crippen molar-refractivity contribution in [2.75, 3.05) is 31.7 Å². The van der Waals surface area contributed by atoms with Gasteiger partial charge in [0.25, 0.3) is 0 Å². The molecule has 150 valence electrons. The molecule has 1 amide bonds. The van der Waals surface area contributed by atoms with Gasteiger partial charge in [0, 0.05) is 19.5 Å². The highest BCUT2D eigenvalue weighted by atomic mass is 32.2. The van der Waals surface area contributed by atoms with Crippen molar-refractivity contribution >= 4 is 21.6 Å². The monoisotopic (exact) mass is 404 g/mol. The van der Waals surface area contributed by atoms with Gasteiger partial charge in [0.15, 0.2) is 0 Å². The number of benzene rings is 2. The van der Waals surface area contributed by atoms with Gasteiger partial charge in [-0.25, -0.2) is 13.1 Å². The van der Waals surface area contributed by atoms with Crippen LogP contribution in [0.3, 0.4) is 0 Å². The van der Waals surface area contributed by atoms with Crippen molar-refractivity contribution in [2.24, 2.45) is 0 Å². The Bertz CT molecular complexity index is 942. The molecule has 2 aromatic carbocycles. The first-order valence-corrected chi connectivity index (χ1v) is 10.6. The Hall–Kier alpha value is -2.58. The molecule has 1 N–H and O–H groups in total. The first-order valence-electron chi connectivity index (χ1n) is 9.08. The number of amides is 1. The highest BCUT2D eigenvalue weighted by Gasteiger charge is 2.26. The molecule has 0 saturated carbocycles. The predicted molar refractivity (Wildman–Crippen MR) is 106 cm³/mol. The highest BCUT2D eigenvalue weighted by molar-refractivity contribution is 7.89. The van der Waals surface area contributed by atoms with Crippen molar-refractivity contribution in [1.82, 2.24) is 4.72 Å². The second-order valence-electron chi connectivity index (χ2n) is 6.54. The molecule has 0 radical (unpaired) electrons. The van der Waals surface area contributed by atoms with E-state index in [2.05, 4.69) is 4.72 Å². The van der Waals surface area contributed by atoms with Gasteiger partial charge in [-0.15, -0.1) is 0 Å². The Labute approximate surface area is 165 Å². The van der Waals surface area contributed by atoms with E-state index < -0.39 is 10.0 Å². The summed E-state index contributed by atoms with van der Waals surface area (Å²) in [7, 11) is -2.25. The minimum Gasteiger partial charge on any atom is -0.495 e. The van der Waals surface area contributed by atoms with Crippen molar-refractivity contribution in [3.8, 4) is 11.5 Å². The normalized spacial score (nSPS) is 14.4. The van der Waals surface area contributed by atoms with E-state index in [4.69, 9.17) is 9.47 Å². The van der Waals surface area contributed by atoms with Gasteiger partial charge in [-0.1, -0.05) is 17.7 Å². The van der Waals surface area contributed by atoms with Crippen molar-refractivity contribution in [3.05, 3.63) is 48.0 Å². The first kappa shape index (κ1) is 20.2. The van der Waals surface area contributed by atoms with E-state index in [9.17, 15) is 13.2 Å². The first-order chi connectivity index (χ1) is 13.4. The Balaban J connectivity index is 1.67. The molecular weight excluding hydrogens is 380 g/mol. The fourth-order valence-electron chi connectivity index (χ4n) is 3.01. The third-order valence-corrected chi connectivity index (χ3v) is 5.97. The minimum absolute atomic E-state index is 0.0349. The molecule has 1 heterocycles. The molecule has 0 unspecified atom stereocenters. The van der Waals surface area contributed by atoms with Gasteiger partial charge in [0.05, 0.1) is 17.7 Å². The zero-order chi connectivity index (χ0) is 20.1. The number of rotatable bonds is 8. The number of carbonyl (C=O) groups excluding carboxylic acids is 1. The third-order valence-electron chi connectivity index (χ3n) is 4.51. The number of anilines is 1. The summed E-state index contributed by atoms with van der Waals surface area (Å²) in [5.41, 5.74) is 1.60. The number of carbonyl (C=O) groups is 1. The summed E-state index contributed by atoms with van der Waals surface area (Å²) in [4.78, 5) is 13.7. The van der Waals surface area contributed by atoms with E-state index in [1.807, 2.05) is 31.2 Å². The van der Waals surface area contributed by atoms with Crippen LogP contribution >= 0.6 is 0 Å². The molecule has 0 aliphatic carbocycles. The van der Waals surface area contributed by atoms with Gasteiger partial charge in [-0.2, -0.15) is 0 Å². The molecule has 1 saturated heterocycles. The standard InChI is InChI=1S/C20H24N2O5S/c1-15-5-7-16(8-6-15)27-13-11-21-28(24,25)17-9-10-19(26-2)18(14-17)22-12-3-4-20(22)23/h5-10,14,21H,3-4,11-13H2,1-2H3. The number of ether oxygens (including phenoxy) is 2. The van der Waals surface area contributed by atoms with Gasteiger partial charge in [-0.05, 0) is 43.7 Å². The lowest BCUT2D eigenvalue weighted by molar-refractivity contribution is -0.117. The summed E-state index contributed by atoms with van der Waals surface area (Å²) in [6.07, 6.45) is 1.20. The predicted octanol–water partition coefficient (Wildman–Crippen LogP) is 2.49. The van der Waals surface area contributed by atoms with Crippen molar-refractivity contribution in [1.29, 1.82) is 0 Å². The van der Waals surface area contributed by atoms with E-state index in [1.54, 1.807) is 11.0 Å². The van der Waals surface area contributed by atoms with Crippen LogP contribution in [0.4, 0.5) is 5.69 Å². The van der Waals surface area contributed by atoms with Gasteiger partial charge in [0.1, 0.15) is 18.1 Å². The molecule has 1 aliphatic heterocycles. The Kier molecular flexibility index (Phi) is 6.21. The van der Waals surface area contributed by atoms with Crippen LogP contribution in [0.5, 0.6) is 11.5 Å². The molecule has 2 aromatic rings. The Morgan fingerprint density at radius 1 is 1.14 bits per heavy atom. The fraction of sp³-hybridized carbons (Fsp3) is 0.350. The maximum Gasteiger partial charge on any atom is 0.240 e. The van der Waals surface area contributed by atoms with Crippen molar-refractivity contribution < 1.29 is 22.7 Å². The summed E-state index contributed by atoms with van der Waals surface area (Å²) in [5.74, 6) is 1.12. The summed E-state index contributed by atoms with van der Waals surface area (Å²) in [6.45, 7) is 2.86. The van der Waals surface area contributed by atoms with Crippen LogP contribution in [0.1, 0.15) is 18.4 Å². The highest BCUT2D eigenvalue weighted by Crippen LogP contribution is 2.33. The smallest absolute Gasteiger partial charge is 0.240 e. The van der Waals surface area contributed by atoms with E-state index in [0.717, 1.165) is 12.0 Å². The summed E-state index contributed by atoms with van der Waals surface area (Å²) in [6, 6.07) is 12.0. The lowest BCUT2D eigenvalue weighted by Crippen LogP contribution is -2.29. The molecule has 1 fully saturated rings. The van der Waals surface area contributed by atoms with Gasteiger partial charge in [0.2, 0.25) is 15.9 Å². The molecule has 8 heteroatoms. The molecule has 1 aliphatic rings. The van der Waals surface area contributed by atoms with E-state index in [-0.39, 0.29) is 24.0 Å². The third kappa shape index (κ3) is 4.63. The quantitative estimate of drug-likeness (QED) is 0.684. The Morgan fingerprint density at radius 2 is 1.89 bits per heavy atom. The summed E-state index contributed by atoms with van der Waals surface area (Å²) in [5, 5.41) is 0. The van der Waals surface area contributed by atoms with Gasteiger partial charge >= 0.3 is 0 Å². The van der Waals surface area contributed by atoms with Crippen molar-refractivity contribution in [3.63, 3.8) is 0 Å². The van der Waals surface area contributed by atoms with E-state index >= 15 is 0 Å². The van der Waals surface area contributed by atoms with Crippen LogP contribution in [0.15, 0.2) is 47.4 Å². The number of aryl methyl sites for hydroxylation is 1. The van der Waals surface area contributed by atoms with Crippen LogP contribution in [-0.4, -0.2) is 41.1 Å². The average Bonchev–Trinajstić information content (AvgIpc) is 3.12. The second kappa shape index (κ2) is 8.62. The molecular formula is C20H24N2O5S. The number of methoxy groups -OCH3 is 1.